The van der Waals surface area contributed by atoms with Gasteiger partial charge in [0.2, 0.25) is 11.6 Å². The number of ether oxygens (including phenoxy) is 8. The van der Waals surface area contributed by atoms with E-state index >= 15 is 4.79 Å². The van der Waals surface area contributed by atoms with E-state index < -0.39 is 159 Å². The normalized spacial score (nSPS) is 54.6. The summed E-state index contributed by atoms with van der Waals surface area (Å²) in [6, 6.07) is 0. The molecule has 0 amide bonds. The Labute approximate surface area is 316 Å². The van der Waals surface area contributed by atoms with Gasteiger partial charge in [0.05, 0.1) is 16.9 Å². The van der Waals surface area contributed by atoms with Gasteiger partial charge in [-0.05, 0) is 25.7 Å². The fraction of sp³-hybridized carbons (Fsp3) is 0.816. The predicted molar refractivity (Wildman–Crippen MR) is 176 cm³/mol. The highest BCUT2D eigenvalue weighted by atomic mass is 16.8. The number of rotatable bonds is 5. The first kappa shape index (κ1) is 38.2. The van der Waals surface area contributed by atoms with Gasteiger partial charge in [-0.2, -0.15) is 0 Å². The van der Waals surface area contributed by atoms with Crippen molar-refractivity contribution in [3.63, 3.8) is 0 Å². The van der Waals surface area contributed by atoms with E-state index in [1.54, 1.807) is 13.8 Å². The summed E-state index contributed by atoms with van der Waals surface area (Å²) in [5.74, 6) is -13.8. The maximum absolute atomic E-state index is 15.2. The van der Waals surface area contributed by atoms with Crippen LogP contribution >= 0.6 is 0 Å². The van der Waals surface area contributed by atoms with Crippen molar-refractivity contribution >= 4 is 41.6 Å². The summed E-state index contributed by atoms with van der Waals surface area (Å²) in [6.07, 6.45) is -10.0. The number of epoxide rings is 2. The number of aliphatic hydroxyl groups is 2. The van der Waals surface area contributed by atoms with Crippen molar-refractivity contribution in [2.75, 3.05) is 0 Å². The Kier molecular flexibility index (Phi) is 7.82. The van der Waals surface area contributed by atoms with Crippen molar-refractivity contribution in [3.8, 4) is 0 Å². The maximum Gasteiger partial charge on any atom is 0.341 e. The van der Waals surface area contributed by atoms with Crippen molar-refractivity contribution < 1.29 is 81.7 Å². The van der Waals surface area contributed by atoms with Crippen molar-refractivity contribution in [1.82, 2.24) is 0 Å². The molecule has 0 radical (unpaired) electrons. The third-order valence-electron chi connectivity index (χ3n) is 15.4. The Bertz CT molecular complexity index is 1830. The number of fused-ring (bicyclic) bond motifs is 9. The lowest BCUT2D eigenvalue weighted by Gasteiger charge is -2.67. The van der Waals surface area contributed by atoms with Crippen molar-refractivity contribution in [3.05, 3.63) is 0 Å². The van der Waals surface area contributed by atoms with Gasteiger partial charge in [0.25, 0.3) is 0 Å². The lowest BCUT2D eigenvalue weighted by Crippen LogP contribution is -2.80. The Morgan fingerprint density at radius 1 is 0.709 bits per heavy atom. The monoisotopic (exact) mass is 776 g/mol. The standard InChI is InChI=1S/C38H48O17/c1-12-20-23(35(9)36(10,46)32(45)55-38(35)29(12)54-38)26(49-14(3)40)21-19-22(27(50-15(4)41)30(33(20,21)7)51-16(5)42)34(8)31(52-17(6)43)24-18(53-24)11-37(34,47)28(44)25(19)48-13(2)39/h12,18-27,29-31,46-47H,11H2,1-10H3/t12?,18-,19?,20-,21+,22?,23-,24-,25+,26+,27-,29+,30-,31-,33+,34-,35-,36+,37-,38-/m0/s1. The second kappa shape index (κ2) is 11.3. The van der Waals surface area contributed by atoms with E-state index in [4.69, 9.17) is 37.9 Å². The fourth-order valence-electron chi connectivity index (χ4n) is 13.5. The van der Waals surface area contributed by atoms with Gasteiger partial charge in [-0.15, -0.1) is 0 Å². The first-order valence-corrected chi connectivity index (χ1v) is 18.8. The molecule has 20 atom stereocenters. The van der Waals surface area contributed by atoms with Crippen molar-refractivity contribution in [2.45, 2.75) is 141 Å². The molecule has 0 aromatic rings. The van der Waals surface area contributed by atoms with E-state index in [1.807, 2.05) is 6.92 Å². The van der Waals surface area contributed by atoms with E-state index in [9.17, 15) is 39.0 Å². The Morgan fingerprint density at radius 3 is 1.82 bits per heavy atom. The number of carbonyl (C=O) groups excluding carboxylic acids is 7. The molecule has 0 aromatic heterocycles. The van der Waals surface area contributed by atoms with Crippen LogP contribution in [0.3, 0.4) is 0 Å². The molecule has 0 aromatic carbocycles. The van der Waals surface area contributed by atoms with Crippen LogP contribution in [0.5, 0.6) is 0 Å². The van der Waals surface area contributed by atoms with E-state index in [0.717, 1.165) is 27.7 Å². The van der Waals surface area contributed by atoms with Crippen LogP contribution in [0.1, 0.15) is 75.7 Å². The molecule has 17 nitrogen and oxygen atoms in total. The third-order valence-corrected chi connectivity index (χ3v) is 15.4. The molecule has 3 heterocycles. The molecule has 3 unspecified atom stereocenters. The topological polar surface area (TPSA) is 240 Å². The molecule has 1 spiro atoms. The SMILES string of the molecule is CC(=O)O[C@H]1[C@@H]2[C@H](C(C)[C@H]3O[C@]34OC(=O)[C@@](C)(O)[C@]24C)[C@]2(C)[C@@H]1C1C([C@H](OC(C)=O)[C@@H]2OC(C)=O)[C@@]2(C)[C@@H](OC(C)=O)[C@H]3O[C@H]3C[C@]2(O)C(=O)[C@@H]1OC(C)=O. The highest BCUT2D eigenvalue weighted by molar-refractivity contribution is 5.95. The zero-order valence-electron chi connectivity index (χ0n) is 32.3. The van der Waals surface area contributed by atoms with Crippen molar-refractivity contribution in [1.29, 1.82) is 0 Å². The van der Waals surface area contributed by atoms with Crippen LogP contribution in [0.2, 0.25) is 0 Å². The molecule has 3 saturated heterocycles. The molecule has 3 aliphatic heterocycles. The van der Waals surface area contributed by atoms with E-state index in [2.05, 4.69) is 0 Å². The van der Waals surface area contributed by atoms with Crippen LogP contribution < -0.4 is 0 Å². The summed E-state index contributed by atoms with van der Waals surface area (Å²) in [5.41, 5.74) is -9.69. The number of Topliss-reactive ketones (excluding diaryl/α,β-unsaturated/α-hetero) is 1. The van der Waals surface area contributed by atoms with Crippen LogP contribution in [-0.2, 0) is 71.5 Å². The number of carbonyl (C=O) groups is 7. The summed E-state index contributed by atoms with van der Waals surface area (Å²) in [7, 11) is 0. The number of ketones is 1. The number of esters is 6. The Balaban J connectivity index is 1.46. The zero-order chi connectivity index (χ0) is 40.5. The maximum atomic E-state index is 15.2. The molecule has 0 bridgehead atoms. The highest BCUT2D eigenvalue weighted by Crippen LogP contribution is 2.81. The summed E-state index contributed by atoms with van der Waals surface area (Å²) < 4.78 is 48.6. The van der Waals surface area contributed by atoms with Gasteiger partial charge in [0.15, 0.2) is 11.7 Å². The lowest BCUT2D eigenvalue weighted by molar-refractivity contribution is -0.298. The van der Waals surface area contributed by atoms with Crippen molar-refractivity contribution in [2.24, 2.45) is 51.8 Å². The molecule has 8 rings (SSSR count). The fourth-order valence-corrected chi connectivity index (χ4v) is 13.5. The molecule has 8 fully saturated rings. The summed E-state index contributed by atoms with van der Waals surface area (Å²) in [6.45, 7) is 13.7. The molecule has 55 heavy (non-hydrogen) atoms. The Hall–Kier alpha value is -3.67. The number of hydrogen-bond donors (Lipinski definition) is 2. The quantitative estimate of drug-likeness (QED) is 0.217. The molecule has 5 saturated carbocycles. The third kappa shape index (κ3) is 4.35. The largest absolute Gasteiger partial charge is 0.462 e. The van der Waals surface area contributed by atoms with Gasteiger partial charge in [0, 0.05) is 70.1 Å². The van der Waals surface area contributed by atoms with Gasteiger partial charge in [0.1, 0.15) is 42.2 Å². The van der Waals surface area contributed by atoms with Gasteiger partial charge in [-0.1, -0.05) is 20.8 Å². The van der Waals surface area contributed by atoms with Gasteiger partial charge >= 0.3 is 35.8 Å². The average molecular weight is 777 g/mol. The molecular weight excluding hydrogens is 728 g/mol. The minimum absolute atomic E-state index is 0.295. The second-order valence-corrected chi connectivity index (χ2v) is 17.9. The minimum Gasteiger partial charge on any atom is -0.462 e. The Morgan fingerprint density at radius 2 is 1.25 bits per heavy atom. The van der Waals surface area contributed by atoms with Crippen LogP contribution in [0.25, 0.3) is 0 Å². The molecule has 2 N–H and O–H groups in total. The van der Waals surface area contributed by atoms with Crippen LogP contribution in [0.4, 0.5) is 0 Å². The summed E-state index contributed by atoms with van der Waals surface area (Å²) >= 11 is 0. The first-order chi connectivity index (χ1) is 25.4. The second-order valence-electron chi connectivity index (χ2n) is 17.9. The molecule has 8 aliphatic rings. The van der Waals surface area contributed by atoms with Gasteiger partial charge < -0.3 is 48.1 Å². The number of hydrogen-bond acceptors (Lipinski definition) is 17. The van der Waals surface area contributed by atoms with E-state index in [1.165, 1.54) is 20.8 Å². The smallest absolute Gasteiger partial charge is 0.341 e. The molecule has 302 valence electrons. The minimum atomic E-state index is -2.44. The van der Waals surface area contributed by atoms with Crippen LogP contribution in [-0.4, -0.2) is 118 Å². The highest BCUT2D eigenvalue weighted by Gasteiger charge is 2.94. The van der Waals surface area contributed by atoms with Crippen LogP contribution in [0, 0.1) is 51.8 Å². The van der Waals surface area contributed by atoms with E-state index in [-0.39, 0.29) is 6.42 Å². The lowest BCUT2D eigenvalue weighted by atomic mass is 9.39. The zero-order valence-corrected chi connectivity index (χ0v) is 32.3. The molecular formula is C38H48O17. The van der Waals surface area contributed by atoms with Crippen LogP contribution in [0.15, 0.2) is 0 Å². The molecule has 5 aliphatic carbocycles. The average Bonchev–Trinajstić information content (AvgIpc) is 3.95. The van der Waals surface area contributed by atoms with E-state index in [0.29, 0.717) is 0 Å². The summed E-state index contributed by atoms with van der Waals surface area (Å²) in [4.78, 5) is 94.5. The van der Waals surface area contributed by atoms with Gasteiger partial charge in [-0.3, -0.25) is 28.8 Å². The van der Waals surface area contributed by atoms with Gasteiger partial charge in [-0.25, -0.2) is 4.79 Å². The predicted octanol–water partition coefficient (Wildman–Crippen LogP) is 0.310. The first-order valence-electron chi connectivity index (χ1n) is 18.8. The molecule has 17 heteroatoms. The summed E-state index contributed by atoms with van der Waals surface area (Å²) in [5, 5.41) is 25.0.